The van der Waals surface area contributed by atoms with Crippen LogP contribution in [0.1, 0.15) is 12.5 Å². The van der Waals surface area contributed by atoms with Crippen LogP contribution in [0.2, 0.25) is 0 Å². The van der Waals surface area contributed by atoms with Gasteiger partial charge in [-0.2, -0.15) is 0 Å². The zero-order valence-electron chi connectivity index (χ0n) is 9.64. The summed E-state index contributed by atoms with van der Waals surface area (Å²) in [5, 5.41) is 2.80. The molecule has 1 aromatic rings. The van der Waals surface area contributed by atoms with E-state index in [4.69, 9.17) is 4.74 Å². The zero-order valence-corrected chi connectivity index (χ0v) is 9.64. The van der Waals surface area contributed by atoms with Crippen molar-refractivity contribution in [3.63, 3.8) is 0 Å². The highest BCUT2D eigenvalue weighted by molar-refractivity contribution is 5.91. The summed E-state index contributed by atoms with van der Waals surface area (Å²) < 4.78 is 4.93. The molecule has 0 heterocycles. The van der Waals surface area contributed by atoms with Gasteiger partial charge in [-0.3, -0.25) is 4.79 Å². The first kappa shape index (κ1) is 12.5. The standard InChI is InChI=1S/C13H17NO2/c1-11(10-16-2)14-13(15)9-8-12-6-4-3-5-7-12/h3-9,11H,10H2,1-2H3,(H,14,15)/b9-8+/t11-/m1/s1. The molecular formula is C13H17NO2. The van der Waals surface area contributed by atoms with E-state index < -0.39 is 0 Å². The number of carbonyl (C=O) groups excluding carboxylic acids is 1. The average Bonchev–Trinajstić information content (AvgIpc) is 2.28. The summed E-state index contributed by atoms with van der Waals surface area (Å²) in [6.45, 7) is 2.42. The Morgan fingerprint density at radius 1 is 1.44 bits per heavy atom. The average molecular weight is 219 g/mol. The summed E-state index contributed by atoms with van der Waals surface area (Å²) in [4.78, 5) is 11.4. The molecule has 1 aromatic carbocycles. The Kier molecular flexibility index (Phi) is 5.29. The van der Waals surface area contributed by atoms with Crippen LogP contribution in [0.25, 0.3) is 6.08 Å². The van der Waals surface area contributed by atoms with Crippen molar-refractivity contribution in [2.45, 2.75) is 13.0 Å². The fourth-order valence-electron chi connectivity index (χ4n) is 1.32. The first-order valence-electron chi connectivity index (χ1n) is 5.25. The van der Waals surface area contributed by atoms with Gasteiger partial charge in [0.1, 0.15) is 0 Å². The lowest BCUT2D eigenvalue weighted by molar-refractivity contribution is -0.117. The molecule has 0 radical (unpaired) electrons. The van der Waals surface area contributed by atoms with Crippen molar-refractivity contribution in [3.05, 3.63) is 42.0 Å². The van der Waals surface area contributed by atoms with Crippen LogP contribution in [-0.4, -0.2) is 25.7 Å². The number of methoxy groups -OCH3 is 1. The number of ether oxygens (including phenoxy) is 1. The van der Waals surface area contributed by atoms with Crippen LogP contribution in [-0.2, 0) is 9.53 Å². The molecule has 0 saturated heterocycles. The van der Waals surface area contributed by atoms with Crippen molar-refractivity contribution in [2.24, 2.45) is 0 Å². The van der Waals surface area contributed by atoms with Gasteiger partial charge in [0.2, 0.25) is 5.91 Å². The number of benzene rings is 1. The number of nitrogens with one attached hydrogen (secondary N) is 1. The summed E-state index contributed by atoms with van der Waals surface area (Å²) in [6, 6.07) is 9.73. The summed E-state index contributed by atoms with van der Waals surface area (Å²) in [5.41, 5.74) is 1.01. The number of amides is 1. The van der Waals surface area contributed by atoms with E-state index in [-0.39, 0.29) is 11.9 Å². The Morgan fingerprint density at radius 2 is 2.12 bits per heavy atom. The summed E-state index contributed by atoms with van der Waals surface area (Å²) >= 11 is 0. The largest absolute Gasteiger partial charge is 0.383 e. The van der Waals surface area contributed by atoms with E-state index >= 15 is 0 Å². The van der Waals surface area contributed by atoms with Crippen LogP contribution in [0.4, 0.5) is 0 Å². The second kappa shape index (κ2) is 6.80. The molecule has 0 spiro atoms. The third-order valence-electron chi connectivity index (χ3n) is 2.03. The molecule has 0 aliphatic rings. The summed E-state index contributed by atoms with van der Waals surface area (Å²) in [5.74, 6) is -0.103. The molecule has 0 saturated carbocycles. The van der Waals surface area contributed by atoms with Crippen molar-refractivity contribution in [1.82, 2.24) is 5.32 Å². The summed E-state index contributed by atoms with van der Waals surface area (Å²) in [6.07, 6.45) is 3.32. The molecule has 1 N–H and O–H groups in total. The van der Waals surface area contributed by atoms with Gasteiger partial charge >= 0.3 is 0 Å². The highest BCUT2D eigenvalue weighted by Crippen LogP contribution is 2.00. The van der Waals surface area contributed by atoms with Crippen LogP contribution in [0.5, 0.6) is 0 Å². The number of hydrogen-bond acceptors (Lipinski definition) is 2. The highest BCUT2D eigenvalue weighted by atomic mass is 16.5. The second-order valence-electron chi connectivity index (χ2n) is 3.61. The molecule has 0 aliphatic carbocycles. The van der Waals surface area contributed by atoms with Crippen LogP contribution in [0.15, 0.2) is 36.4 Å². The third kappa shape index (κ3) is 4.75. The lowest BCUT2D eigenvalue weighted by Gasteiger charge is -2.10. The Balaban J connectivity index is 2.42. The Morgan fingerprint density at radius 3 is 2.75 bits per heavy atom. The van der Waals surface area contributed by atoms with Crippen LogP contribution >= 0.6 is 0 Å². The first-order chi connectivity index (χ1) is 7.72. The van der Waals surface area contributed by atoms with E-state index in [1.165, 1.54) is 6.08 Å². The molecule has 0 unspecified atom stereocenters. The molecule has 1 atom stereocenters. The summed E-state index contributed by atoms with van der Waals surface area (Å²) in [7, 11) is 1.61. The van der Waals surface area contributed by atoms with E-state index in [2.05, 4.69) is 5.32 Å². The molecule has 1 amide bonds. The topological polar surface area (TPSA) is 38.3 Å². The minimum atomic E-state index is -0.103. The third-order valence-corrected chi connectivity index (χ3v) is 2.03. The van der Waals surface area contributed by atoms with Gasteiger partial charge in [0.05, 0.1) is 6.61 Å². The van der Waals surface area contributed by atoms with E-state index in [0.717, 1.165) is 5.56 Å². The lowest BCUT2D eigenvalue weighted by Crippen LogP contribution is -2.34. The maximum Gasteiger partial charge on any atom is 0.244 e. The van der Waals surface area contributed by atoms with Crippen molar-refractivity contribution in [3.8, 4) is 0 Å². The molecule has 0 fully saturated rings. The van der Waals surface area contributed by atoms with Gasteiger partial charge in [-0.15, -0.1) is 0 Å². The number of hydrogen-bond donors (Lipinski definition) is 1. The minimum absolute atomic E-state index is 0.0259. The fourth-order valence-corrected chi connectivity index (χ4v) is 1.32. The monoisotopic (exact) mass is 219 g/mol. The Hall–Kier alpha value is -1.61. The van der Waals surface area contributed by atoms with Gasteiger partial charge in [0, 0.05) is 19.2 Å². The number of rotatable bonds is 5. The Bertz CT molecular complexity index is 346. The molecule has 86 valence electrons. The molecule has 0 bridgehead atoms. The molecule has 3 heteroatoms. The molecule has 0 aromatic heterocycles. The quantitative estimate of drug-likeness (QED) is 0.767. The van der Waals surface area contributed by atoms with Crippen LogP contribution < -0.4 is 5.32 Å². The van der Waals surface area contributed by atoms with Crippen LogP contribution in [0.3, 0.4) is 0 Å². The van der Waals surface area contributed by atoms with Gasteiger partial charge < -0.3 is 10.1 Å². The molecule has 16 heavy (non-hydrogen) atoms. The van der Waals surface area contributed by atoms with Gasteiger partial charge in [-0.25, -0.2) is 0 Å². The van der Waals surface area contributed by atoms with Crippen molar-refractivity contribution >= 4 is 12.0 Å². The van der Waals surface area contributed by atoms with Crippen molar-refractivity contribution < 1.29 is 9.53 Å². The normalized spacial score (nSPS) is 12.6. The molecule has 3 nitrogen and oxygen atoms in total. The van der Waals surface area contributed by atoms with Gasteiger partial charge in [-0.1, -0.05) is 30.3 Å². The maximum atomic E-state index is 11.4. The van der Waals surface area contributed by atoms with E-state index in [1.807, 2.05) is 37.3 Å². The van der Waals surface area contributed by atoms with Crippen LogP contribution in [0, 0.1) is 0 Å². The fraction of sp³-hybridized carbons (Fsp3) is 0.308. The Labute approximate surface area is 96.1 Å². The minimum Gasteiger partial charge on any atom is -0.383 e. The van der Waals surface area contributed by atoms with Gasteiger partial charge in [-0.05, 0) is 18.6 Å². The zero-order chi connectivity index (χ0) is 11.8. The first-order valence-corrected chi connectivity index (χ1v) is 5.25. The molecule has 1 rings (SSSR count). The molecule has 0 aliphatic heterocycles. The number of carbonyl (C=O) groups is 1. The van der Waals surface area contributed by atoms with Crippen molar-refractivity contribution in [1.29, 1.82) is 0 Å². The highest BCUT2D eigenvalue weighted by Gasteiger charge is 2.02. The van der Waals surface area contributed by atoms with Crippen molar-refractivity contribution in [2.75, 3.05) is 13.7 Å². The van der Waals surface area contributed by atoms with E-state index in [0.29, 0.717) is 6.61 Å². The lowest BCUT2D eigenvalue weighted by atomic mass is 10.2. The smallest absolute Gasteiger partial charge is 0.244 e. The predicted octanol–water partition coefficient (Wildman–Crippen LogP) is 1.85. The predicted molar refractivity (Wildman–Crippen MR) is 65.0 cm³/mol. The van der Waals surface area contributed by atoms with E-state index in [9.17, 15) is 4.79 Å². The second-order valence-corrected chi connectivity index (χ2v) is 3.61. The maximum absolute atomic E-state index is 11.4. The van der Waals surface area contributed by atoms with E-state index in [1.54, 1.807) is 13.2 Å². The van der Waals surface area contributed by atoms with Gasteiger partial charge in [0.25, 0.3) is 0 Å². The SMILES string of the molecule is COC[C@@H](C)NC(=O)/C=C/c1ccccc1. The van der Waals surface area contributed by atoms with Gasteiger partial charge in [0.15, 0.2) is 0 Å². The molecular weight excluding hydrogens is 202 g/mol.